The molecule has 0 bridgehead atoms. The molecular formula is C61H57N3OPt. The summed E-state index contributed by atoms with van der Waals surface area (Å²) in [5.74, 6) is 0.875. The van der Waals surface area contributed by atoms with Crippen LogP contribution >= 0.6 is 0 Å². The molecule has 5 heteroatoms. The molecule has 0 aliphatic rings. The van der Waals surface area contributed by atoms with Gasteiger partial charge in [-0.2, -0.15) is 7.11 Å². The maximum atomic E-state index is 9.60. The summed E-state index contributed by atoms with van der Waals surface area (Å²) in [5, 5.41) is 0. The van der Waals surface area contributed by atoms with Crippen molar-refractivity contribution in [2.24, 2.45) is 0 Å². The number of nitrogens with zero attached hydrogens (tertiary/aromatic N) is 3. The van der Waals surface area contributed by atoms with Crippen LogP contribution in [0, 0.1) is 40.7 Å². The van der Waals surface area contributed by atoms with Gasteiger partial charge in [-0.3, -0.25) is 9.55 Å². The van der Waals surface area contributed by atoms with E-state index in [2.05, 4.69) is 63.2 Å². The Labute approximate surface area is 424 Å². The van der Waals surface area contributed by atoms with Crippen molar-refractivity contribution in [3.63, 3.8) is 0 Å². The van der Waals surface area contributed by atoms with Crippen LogP contribution in [0.1, 0.15) is 92.7 Å². The van der Waals surface area contributed by atoms with Crippen molar-refractivity contribution in [1.82, 2.24) is 14.5 Å². The molecule has 2 aromatic heterocycles. The predicted molar refractivity (Wildman–Crippen MR) is 273 cm³/mol. The van der Waals surface area contributed by atoms with Gasteiger partial charge in [0, 0.05) is 25.7 Å². The van der Waals surface area contributed by atoms with Gasteiger partial charge in [-0.25, -0.2) is 4.98 Å². The van der Waals surface area contributed by atoms with Crippen molar-refractivity contribution in [3.05, 3.63) is 198 Å². The predicted octanol–water partition coefficient (Wildman–Crippen LogP) is 16.2. The van der Waals surface area contributed by atoms with E-state index in [4.69, 9.17) is 26.2 Å². The number of aromatic nitrogens is 3. The number of para-hydroxylation sites is 1. The minimum atomic E-state index is -3.00. The quantitative estimate of drug-likeness (QED) is 0.142. The molecule has 0 saturated heterocycles. The van der Waals surface area contributed by atoms with E-state index in [-0.39, 0.29) is 43.3 Å². The number of aryl methyl sites for hydroxylation is 3. The molecule has 0 radical (unpaired) electrons. The molecule has 0 aliphatic carbocycles. The normalized spacial score (nSPS) is 15.0. The minimum Gasteiger partial charge on any atom is -0.665 e. The van der Waals surface area contributed by atoms with Crippen LogP contribution < -0.4 is 4.74 Å². The molecule has 7 aromatic carbocycles. The number of hydrogen-bond donors (Lipinski definition) is 0. The first-order valence-corrected chi connectivity index (χ1v) is 21.5. The number of hydrogen-bond acceptors (Lipinski definition) is 3. The molecule has 4 nitrogen and oxygen atoms in total. The Bertz CT molecular complexity index is 3840. The zero-order chi connectivity index (χ0) is 56.9. The van der Waals surface area contributed by atoms with E-state index in [0.29, 0.717) is 50.5 Å². The fourth-order valence-corrected chi connectivity index (χ4v) is 8.35. The van der Waals surface area contributed by atoms with E-state index in [1.807, 2.05) is 112 Å². The average molecular weight is 1060 g/mol. The molecule has 9 aromatic rings. The molecule has 332 valence electrons. The van der Waals surface area contributed by atoms with E-state index in [1.54, 1.807) is 12.1 Å². The summed E-state index contributed by atoms with van der Waals surface area (Å²) in [6, 6.07) is 33.8. The van der Waals surface area contributed by atoms with Gasteiger partial charge in [0.25, 0.3) is 0 Å². The zero-order valence-electron chi connectivity index (χ0n) is 51.2. The maximum Gasteiger partial charge on any atom is 2.00 e. The van der Waals surface area contributed by atoms with Gasteiger partial charge in [-0.15, -0.1) is 29.3 Å². The first-order chi connectivity index (χ1) is 36.4. The first-order valence-electron chi connectivity index (χ1n) is 28.0. The van der Waals surface area contributed by atoms with Crippen LogP contribution in [0.2, 0.25) is 0 Å². The molecule has 0 saturated carbocycles. The molecular weight excluding hydrogens is 986 g/mol. The third-order valence-corrected chi connectivity index (χ3v) is 11.8. The van der Waals surface area contributed by atoms with Crippen molar-refractivity contribution in [2.75, 3.05) is 0 Å². The van der Waals surface area contributed by atoms with Crippen molar-refractivity contribution >= 4 is 11.0 Å². The number of fused-ring (bicyclic) bond motifs is 1. The van der Waals surface area contributed by atoms with Gasteiger partial charge in [0.05, 0.1) is 37.6 Å². The van der Waals surface area contributed by atoms with Crippen LogP contribution in [0.3, 0.4) is 0 Å². The van der Waals surface area contributed by atoms with E-state index >= 15 is 0 Å². The third-order valence-electron chi connectivity index (χ3n) is 11.8. The van der Waals surface area contributed by atoms with Gasteiger partial charge in [-0.1, -0.05) is 161 Å². The Morgan fingerprint density at radius 3 is 2.02 bits per heavy atom. The minimum absolute atomic E-state index is 0. The van der Waals surface area contributed by atoms with E-state index in [0.717, 1.165) is 38.9 Å². The summed E-state index contributed by atoms with van der Waals surface area (Å²) in [6.45, 7) is 10.8. The van der Waals surface area contributed by atoms with Gasteiger partial charge in [0.15, 0.2) is 0 Å². The molecule has 0 fully saturated rings. The van der Waals surface area contributed by atoms with Gasteiger partial charge < -0.3 is 4.74 Å². The average Bonchev–Trinajstić information content (AvgIpc) is 4.00. The van der Waals surface area contributed by atoms with Crippen LogP contribution in [0.4, 0.5) is 0 Å². The Morgan fingerprint density at radius 1 is 0.621 bits per heavy atom. The molecule has 66 heavy (non-hydrogen) atoms. The number of rotatable bonds is 8. The summed E-state index contributed by atoms with van der Waals surface area (Å²) < 4.78 is 121. The molecule has 0 spiro atoms. The second-order valence-corrected chi connectivity index (χ2v) is 18.5. The maximum absolute atomic E-state index is 9.60. The first kappa shape index (κ1) is 32.3. The van der Waals surface area contributed by atoms with E-state index in [9.17, 15) is 1.37 Å². The largest absolute Gasteiger partial charge is 2.00 e. The topological polar surface area (TPSA) is 39.9 Å². The molecule has 0 aliphatic heterocycles. The fourth-order valence-electron chi connectivity index (χ4n) is 8.35. The Morgan fingerprint density at radius 2 is 1.33 bits per heavy atom. The summed E-state index contributed by atoms with van der Waals surface area (Å²) in [5.41, 5.74) is 7.40. The molecule has 9 rings (SSSR count). The molecule has 0 N–H and O–H groups in total. The van der Waals surface area contributed by atoms with Crippen molar-refractivity contribution in [2.45, 2.75) is 79.9 Å². The van der Waals surface area contributed by atoms with Crippen LogP contribution in [0.5, 0.6) is 5.75 Å². The Balaban J connectivity index is 0.00000822. The van der Waals surface area contributed by atoms with Gasteiger partial charge in [-0.05, 0) is 119 Å². The number of ether oxygens (including phenoxy) is 1. The molecule has 0 unspecified atom stereocenters. The monoisotopic (exact) mass is 1060 g/mol. The fraction of sp³-hybridized carbons (Fsp3) is 0.197. The molecule has 2 heterocycles. The third kappa shape index (κ3) is 8.97. The smallest absolute Gasteiger partial charge is 0.665 e. The summed E-state index contributed by atoms with van der Waals surface area (Å²) >= 11 is 0. The van der Waals surface area contributed by atoms with Crippen molar-refractivity contribution < 1.29 is 43.6 Å². The second kappa shape index (κ2) is 18.1. The van der Waals surface area contributed by atoms with Gasteiger partial charge in [0.2, 0.25) is 0 Å². The van der Waals surface area contributed by atoms with Gasteiger partial charge >= 0.3 is 21.1 Å². The molecule has 0 atom stereocenters. The summed E-state index contributed by atoms with van der Waals surface area (Å²) in [4.78, 5) is 9.93. The Kier molecular flexibility index (Phi) is 8.89. The van der Waals surface area contributed by atoms with E-state index in [1.165, 1.54) is 0 Å². The van der Waals surface area contributed by atoms with Crippen molar-refractivity contribution in [1.29, 1.82) is 0 Å². The zero-order valence-corrected chi connectivity index (χ0v) is 40.4. The van der Waals surface area contributed by atoms with E-state index < -0.39 is 78.2 Å². The van der Waals surface area contributed by atoms with Crippen LogP contribution in [-0.2, 0) is 31.9 Å². The molecule has 0 amide bonds. The van der Waals surface area contributed by atoms with Crippen LogP contribution in [0.15, 0.2) is 152 Å². The second-order valence-electron chi connectivity index (χ2n) is 18.5. The summed E-state index contributed by atoms with van der Waals surface area (Å²) in [6.07, 6.45) is -0.621. The van der Waals surface area contributed by atoms with Crippen LogP contribution in [0.25, 0.3) is 83.9 Å². The van der Waals surface area contributed by atoms with Crippen molar-refractivity contribution in [3.8, 4) is 78.6 Å². The Hall–Kier alpha value is -6.35. The number of pyridine rings is 1. The SMILES string of the molecule is [2H]c1nc(-c2[c-]c(-c3cccc4c3nc(-c3cc(C)cc(C)c3O[CH2-])n4-c3cc(C([2H])([2H])[2H])c(-c4ccccc4)cc3-c3ccc(C(C)(C)C)cc3)cc(C(C)(C)C)c2)c([2H])c(-c2c([2H])c([2H])c(C([2H])([2H])[2H])c([2H])c2[2H])c1[2H].[Pt+2]. The van der Waals surface area contributed by atoms with Gasteiger partial charge in [0.1, 0.15) is 5.82 Å². The number of benzene rings is 7. The summed E-state index contributed by atoms with van der Waals surface area (Å²) in [7, 11) is 3.86. The van der Waals surface area contributed by atoms with Crippen LogP contribution in [-0.4, -0.2) is 14.5 Å². The standard InChI is InChI=1S/C61H57N3O.Pt/c1-38-20-22-42(23-21-38)45-28-29-62-54(36-45)47-33-46(34-49(35-47)61(8,9)10)50-18-15-19-55-57(50)63-59(53-31-39(2)30-41(4)58(53)65-11)64(55)56-32-40(3)51(43-16-13-12-14-17-43)37-52(56)44-24-26-48(27-25-44)60(5,6)7;/h12-32,34-37H,11H2,1-10H3;/q-2;+2/i1D3,3D3,20D,21D,22D,23D,28D,29D,36D;. The number of imidazole rings is 1.